The number of primary amides is 1. The summed E-state index contributed by atoms with van der Waals surface area (Å²) in [5, 5.41) is 2.68. The average molecular weight is 472 g/mol. The maximum atomic E-state index is 13.3. The van der Waals surface area contributed by atoms with Crippen molar-refractivity contribution in [1.29, 1.82) is 0 Å². The van der Waals surface area contributed by atoms with Crippen LogP contribution in [0.3, 0.4) is 0 Å². The van der Waals surface area contributed by atoms with Crippen molar-refractivity contribution >= 4 is 40.6 Å². The Hall–Kier alpha value is -3.15. The Morgan fingerprint density at radius 2 is 1.88 bits per heavy atom. The molecule has 0 spiro atoms. The standard InChI is InChI=1S/C20H24F3N5O3S/c1-10(2)7-8-26-18(30)11(3)28(13-6-4-5-12(9-13)20(21,22)23)19(31)16-14(24)15(17(25)29)27-32-16/h4-6,9-11H,7-8,24H2,1-3H3,(H2,25,29)(H,26,30). The number of alkyl halides is 3. The zero-order chi connectivity index (χ0) is 24.2. The average Bonchev–Trinajstić information content (AvgIpc) is 3.08. The van der Waals surface area contributed by atoms with Crippen molar-refractivity contribution in [3.8, 4) is 0 Å². The number of halogens is 3. The first-order valence-electron chi connectivity index (χ1n) is 9.68. The lowest BCUT2D eigenvalue weighted by molar-refractivity contribution is -0.137. The number of aromatic nitrogens is 1. The number of nitrogens with one attached hydrogen (secondary N) is 1. The molecule has 0 aliphatic carbocycles. The van der Waals surface area contributed by atoms with Crippen molar-refractivity contribution in [3.63, 3.8) is 0 Å². The number of anilines is 2. The topological polar surface area (TPSA) is 131 Å². The summed E-state index contributed by atoms with van der Waals surface area (Å²) in [6.07, 6.45) is -3.98. The highest BCUT2D eigenvalue weighted by molar-refractivity contribution is 7.09. The highest BCUT2D eigenvalue weighted by atomic mass is 32.1. The maximum absolute atomic E-state index is 13.3. The zero-order valence-corrected chi connectivity index (χ0v) is 18.5. The summed E-state index contributed by atoms with van der Waals surface area (Å²) in [6.45, 7) is 5.66. The van der Waals surface area contributed by atoms with Gasteiger partial charge in [0.2, 0.25) is 5.91 Å². The molecule has 5 N–H and O–H groups in total. The molecule has 0 aliphatic heterocycles. The lowest BCUT2D eigenvalue weighted by Gasteiger charge is -2.29. The minimum absolute atomic E-state index is 0.162. The summed E-state index contributed by atoms with van der Waals surface area (Å²) in [6, 6.07) is 2.84. The minimum atomic E-state index is -4.66. The Balaban J connectivity index is 2.49. The second-order valence-electron chi connectivity index (χ2n) is 7.51. The lowest BCUT2D eigenvalue weighted by Crippen LogP contribution is -2.48. The van der Waals surface area contributed by atoms with Gasteiger partial charge in [0.05, 0.1) is 11.3 Å². The summed E-state index contributed by atoms with van der Waals surface area (Å²) < 4.78 is 43.5. The smallest absolute Gasteiger partial charge is 0.395 e. The Labute approximate surface area is 186 Å². The predicted molar refractivity (Wildman–Crippen MR) is 115 cm³/mol. The molecule has 0 radical (unpaired) electrons. The molecular weight excluding hydrogens is 447 g/mol. The number of hydrogen-bond acceptors (Lipinski definition) is 6. The number of nitrogens with zero attached hydrogens (tertiary/aromatic N) is 2. The van der Waals surface area contributed by atoms with Gasteiger partial charge in [-0.3, -0.25) is 19.3 Å². The summed E-state index contributed by atoms with van der Waals surface area (Å²) in [7, 11) is 0. The molecule has 2 aromatic rings. The van der Waals surface area contributed by atoms with Crippen LogP contribution in [-0.2, 0) is 11.0 Å². The molecular formula is C20H24F3N5O3S. The van der Waals surface area contributed by atoms with Gasteiger partial charge in [-0.15, -0.1) is 0 Å². The Kier molecular flexibility index (Phi) is 7.83. The fourth-order valence-electron chi connectivity index (χ4n) is 2.84. The third-order valence-electron chi connectivity index (χ3n) is 4.61. The van der Waals surface area contributed by atoms with Gasteiger partial charge in [-0.2, -0.15) is 17.5 Å². The van der Waals surface area contributed by atoms with Gasteiger partial charge in [0.25, 0.3) is 11.8 Å². The molecule has 0 aliphatic rings. The van der Waals surface area contributed by atoms with E-state index in [0.717, 1.165) is 23.1 Å². The van der Waals surface area contributed by atoms with E-state index in [9.17, 15) is 27.6 Å². The highest BCUT2D eigenvalue weighted by Crippen LogP contribution is 2.33. The number of rotatable bonds is 8. The summed E-state index contributed by atoms with van der Waals surface area (Å²) in [5.74, 6) is -2.08. The van der Waals surface area contributed by atoms with Gasteiger partial charge < -0.3 is 16.8 Å². The van der Waals surface area contributed by atoms with E-state index in [1.165, 1.54) is 13.0 Å². The van der Waals surface area contributed by atoms with Crippen molar-refractivity contribution in [2.45, 2.75) is 39.4 Å². The summed E-state index contributed by atoms with van der Waals surface area (Å²) in [5.41, 5.74) is 9.24. The van der Waals surface area contributed by atoms with Gasteiger partial charge >= 0.3 is 6.18 Å². The fourth-order valence-corrected chi connectivity index (χ4v) is 3.58. The van der Waals surface area contributed by atoms with E-state index in [1.807, 2.05) is 13.8 Å². The summed E-state index contributed by atoms with van der Waals surface area (Å²) in [4.78, 5) is 38.1. The quantitative estimate of drug-likeness (QED) is 0.545. The Bertz CT molecular complexity index is 1010. The third-order valence-corrected chi connectivity index (χ3v) is 5.46. The van der Waals surface area contributed by atoms with E-state index in [0.29, 0.717) is 30.4 Å². The molecule has 0 saturated heterocycles. The molecule has 12 heteroatoms. The van der Waals surface area contributed by atoms with Gasteiger partial charge in [-0.25, -0.2) is 0 Å². The molecule has 1 unspecified atom stereocenters. The zero-order valence-electron chi connectivity index (χ0n) is 17.7. The second kappa shape index (κ2) is 9.98. The highest BCUT2D eigenvalue weighted by Gasteiger charge is 2.35. The van der Waals surface area contributed by atoms with E-state index in [4.69, 9.17) is 11.5 Å². The number of carbonyl (C=O) groups excluding carboxylic acids is 3. The monoisotopic (exact) mass is 471 g/mol. The van der Waals surface area contributed by atoms with E-state index >= 15 is 0 Å². The fraction of sp³-hybridized carbons (Fsp3) is 0.400. The van der Waals surface area contributed by atoms with Crippen molar-refractivity contribution in [1.82, 2.24) is 9.69 Å². The number of hydrogen-bond donors (Lipinski definition) is 3. The van der Waals surface area contributed by atoms with Crippen molar-refractivity contribution in [3.05, 3.63) is 40.4 Å². The summed E-state index contributed by atoms with van der Waals surface area (Å²) >= 11 is 0.575. The van der Waals surface area contributed by atoms with Crippen LogP contribution >= 0.6 is 11.5 Å². The van der Waals surface area contributed by atoms with E-state index in [1.54, 1.807) is 0 Å². The first-order chi connectivity index (χ1) is 14.8. The van der Waals surface area contributed by atoms with Gasteiger partial charge in [0.15, 0.2) is 5.69 Å². The molecule has 1 aromatic carbocycles. The van der Waals surface area contributed by atoms with E-state index in [-0.39, 0.29) is 21.9 Å². The van der Waals surface area contributed by atoms with Crippen LogP contribution in [0.4, 0.5) is 24.5 Å². The number of benzene rings is 1. The van der Waals surface area contributed by atoms with Gasteiger partial charge in [0.1, 0.15) is 10.9 Å². The van der Waals surface area contributed by atoms with Crippen LogP contribution in [0.25, 0.3) is 0 Å². The van der Waals surface area contributed by atoms with Crippen molar-refractivity contribution in [2.75, 3.05) is 17.2 Å². The SMILES string of the molecule is CC(C)CCNC(=O)C(C)N(C(=O)c1snc(C(N)=O)c1N)c1cccc(C(F)(F)F)c1. The van der Waals surface area contributed by atoms with Crippen LogP contribution in [0.2, 0.25) is 0 Å². The normalized spacial score (nSPS) is 12.5. The van der Waals surface area contributed by atoms with Gasteiger partial charge in [-0.05, 0) is 49.0 Å². The van der Waals surface area contributed by atoms with Crippen LogP contribution in [0.5, 0.6) is 0 Å². The van der Waals surface area contributed by atoms with Gasteiger partial charge in [0, 0.05) is 12.2 Å². The van der Waals surface area contributed by atoms with Crippen LogP contribution in [0.15, 0.2) is 24.3 Å². The first kappa shape index (κ1) is 25.1. The molecule has 3 amide bonds. The molecule has 0 saturated carbocycles. The van der Waals surface area contributed by atoms with Crippen LogP contribution in [0.1, 0.15) is 52.9 Å². The number of nitrogens with two attached hydrogens (primary N) is 2. The molecule has 0 fully saturated rings. The second-order valence-corrected chi connectivity index (χ2v) is 8.28. The molecule has 8 nitrogen and oxygen atoms in total. The van der Waals surface area contributed by atoms with E-state index in [2.05, 4.69) is 9.69 Å². The predicted octanol–water partition coefficient (Wildman–Crippen LogP) is 3.04. The molecule has 0 bridgehead atoms. The van der Waals surface area contributed by atoms with Crippen molar-refractivity contribution in [2.24, 2.45) is 11.7 Å². The number of nitrogen functional groups attached to an aromatic ring is 1. The molecule has 174 valence electrons. The number of amides is 3. The van der Waals surface area contributed by atoms with Crippen LogP contribution in [0, 0.1) is 5.92 Å². The van der Waals surface area contributed by atoms with E-state index < -0.39 is 35.5 Å². The van der Waals surface area contributed by atoms with Crippen LogP contribution in [-0.4, -0.2) is 34.7 Å². The lowest BCUT2D eigenvalue weighted by atomic mass is 10.1. The third kappa shape index (κ3) is 5.75. The van der Waals surface area contributed by atoms with Gasteiger partial charge in [-0.1, -0.05) is 19.9 Å². The molecule has 32 heavy (non-hydrogen) atoms. The maximum Gasteiger partial charge on any atom is 0.416 e. The number of carbonyl (C=O) groups is 3. The molecule has 1 aromatic heterocycles. The largest absolute Gasteiger partial charge is 0.416 e. The molecule has 1 atom stereocenters. The molecule has 2 rings (SSSR count). The molecule has 1 heterocycles. The minimum Gasteiger partial charge on any atom is -0.395 e. The van der Waals surface area contributed by atoms with Crippen LogP contribution < -0.4 is 21.7 Å². The van der Waals surface area contributed by atoms with Crippen molar-refractivity contribution < 1.29 is 27.6 Å². The first-order valence-corrected chi connectivity index (χ1v) is 10.4. The Morgan fingerprint density at radius 1 is 1.22 bits per heavy atom. The Morgan fingerprint density at radius 3 is 2.41 bits per heavy atom.